The molecule has 0 aliphatic heterocycles. The fourth-order valence-electron chi connectivity index (χ4n) is 1.60. The lowest BCUT2D eigenvalue weighted by molar-refractivity contribution is -0.143. The van der Waals surface area contributed by atoms with Gasteiger partial charge < -0.3 is 4.74 Å². The number of esters is 1. The van der Waals surface area contributed by atoms with E-state index < -0.39 is 22.0 Å². The molecule has 0 aliphatic rings. The van der Waals surface area contributed by atoms with Crippen molar-refractivity contribution in [2.45, 2.75) is 38.1 Å². The second-order valence-electron chi connectivity index (χ2n) is 4.37. The summed E-state index contributed by atoms with van der Waals surface area (Å²) in [6.45, 7) is 5.25. The zero-order valence-electron chi connectivity index (χ0n) is 11.4. The number of carbonyl (C=O) groups excluding carboxylic acids is 1. The molecule has 2 unspecified atom stereocenters. The number of aromatic nitrogens is 2. The average Bonchev–Trinajstić information content (AvgIpc) is 2.81. The van der Waals surface area contributed by atoms with Gasteiger partial charge in [0.2, 0.25) is 10.0 Å². The molecule has 108 valence electrons. The number of nitrogens with zero attached hydrogens (tertiary/aromatic N) is 1. The van der Waals surface area contributed by atoms with Crippen molar-refractivity contribution < 1.29 is 17.9 Å². The van der Waals surface area contributed by atoms with Crippen molar-refractivity contribution in [3.05, 3.63) is 11.9 Å². The van der Waals surface area contributed by atoms with Gasteiger partial charge in [-0.2, -0.15) is 9.82 Å². The van der Waals surface area contributed by atoms with Crippen molar-refractivity contribution in [1.29, 1.82) is 0 Å². The van der Waals surface area contributed by atoms with Gasteiger partial charge in [-0.1, -0.05) is 20.3 Å². The molecular weight excluding hydrogens is 270 g/mol. The Labute approximate surface area is 112 Å². The van der Waals surface area contributed by atoms with Crippen LogP contribution in [0.5, 0.6) is 0 Å². The van der Waals surface area contributed by atoms with Gasteiger partial charge in [0.25, 0.3) is 0 Å². The van der Waals surface area contributed by atoms with E-state index in [9.17, 15) is 13.2 Å². The summed E-state index contributed by atoms with van der Waals surface area (Å²) in [4.78, 5) is 11.7. The predicted octanol–water partition coefficient (Wildman–Crippen LogP) is 0.584. The third kappa shape index (κ3) is 3.54. The minimum Gasteiger partial charge on any atom is -0.468 e. The van der Waals surface area contributed by atoms with Gasteiger partial charge >= 0.3 is 5.97 Å². The van der Waals surface area contributed by atoms with Crippen LogP contribution in [0, 0.1) is 12.8 Å². The molecule has 8 heteroatoms. The maximum atomic E-state index is 12.2. The van der Waals surface area contributed by atoms with E-state index in [2.05, 4.69) is 19.7 Å². The number of hydrogen-bond donors (Lipinski definition) is 2. The average molecular weight is 289 g/mol. The number of aryl methyl sites for hydroxylation is 1. The van der Waals surface area contributed by atoms with E-state index in [4.69, 9.17) is 0 Å². The molecule has 0 aromatic carbocycles. The van der Waals surface area contributed by atoms with Crippen molar-refractivity contribution in [1.82, 2.24) is 14.9 Å². The standard InChI is InChI=1S/C11H19N3O4S/c1-5-7(2)10(11(15)18-4)14-19(16,17)9-6-12-13-8(9)3/h6-7,10,14H,5H2,1-4H3,(H,12,13). The Balaban J connectivity index is 3.03. The molecule has 0 radical (unpaired) electrons. The third-order valence-corrected chi connectivity index (χ3v) is 4.58. The summed E-state index contributed by atoms with van der Waals surface area (Å²) >= 11 is 0. The smallest absolute Gasteiger partial charge is 0.324 e. The number of ether oxygens (including phenoxy) is 1. The minimum absolute atomic E-state index is 0.0321. The van der Waals surface area contributed by atoms with Crippen LogP contribution in [0.1, 0.15) is 26.0 Å². The van der Waals surface area contributed by atoms with Gasteiger partial charge in [-0.05, 0) is 12.8 Å². The highest BCUT2D eigenvalue weighted by Gasteiger charge is 2.31. The first-order chi connectivity index (χ1) is 8.83. The lowest BCUT2D eigenvalue weighted by Gasteiger charge is -2.21. The number of rotatable bonds is 6. The molecule has 2 N–H and O–H groups in total. The van der Waals surface area contributed by atoms with Crippen LogP contribution >= 0.6 is 0 Å². The minimum atomic E-state index is -3.80. The Hall–Kier alpha value is -1.41. The Morgan fingerprint density at radius 1 is 1.58 bits per heavy atom. The molecule has 0 saturated carbocycles. The molecule has 2 atom stereocenters. The quantitative estimate of drug-likeness (QED) is 0.746. The van der Waals surface area contributed by atoms with Crippen LogP contribution in [0.25, 0.3) is 0 Å². The first-order valence-electron chi connectivity index (χ1n) is 5.93. The fraction of sp³-hybridized carbons (Fsp3) is 0.636. The molecule has 0 aliphatic carbocycles. The molecular formula is C11H19N3O4S. The second kappa shape index (κ2) is 6.16. The number of sulfonamides is 1. The molecule has 19 heavy (non-hydrogen) atoms. The largest absolute Gasteiger partial charge is 0.468 e. The number of H-pyrrole nitrogens is 1. The molecule has 1 aromatic heterocycles. The SMILES string of the molecule is CCC(C)C(NS(=O)(=O)c1cn[nH]c1C)C(=O)OC. The summed E-state index contributed by atoms with van der Waals surface area (Å²) in [5, 5.41) is 6.21. The monoisotopic (exact) mass is 289 g/mol. The molecule has 0 fully saturated rings. The molecule has 0 amide bonds. The van der Waals surface area contributed by atoms with Gasteiger partial charge in [0, 0.05) is 0 Å². The van der Waals surface area contributed by atoms with Crippen molar-refractivity contribution in [3.63, 3.8) is 0 Å². The highest BCUT2D eigenvalue weighted by molar-refractivity contribution is 7.89. The molecule has 7 nitrogen and oxygen atoms in total. The molecule has 0 saturated heterocycles. The van der Waals surface area contributed by atoms with E-state index in [-0.39, 0.29) is 10.8 Å². The summed E-state index contributed by atoms with van der Waals surface area (Å²) in [5.74, 6) is -0.770. The van der Waals surface area contributed by atoms with Crippen LogP contribution in [0.15, 0.2) is 11.1 Å². The zero-order valence-corrected chi connectivity index (χ0v) is 12.2. The van der Waals surface area contributed by atoms with Crippen LogP contribution in [-0.2, 0) is 19.6 Å². The van der Waals surface area contributed by atoms with Gasteiger partial charge in [-0.3, -0.25) is 9.89 Å². The van der Waals surface area contributed by atoms with Crippen molar-refractivity contribution >= 4 is 16.0 Å². The van der Waals surface area contributed by atoms with Crippen LogP contribution in [0.4, 0.5) is 0 Å². The van der Waals surface area contributed by atoms with Crippen LogP contribution in [-0.4, -0.2) is 37.7 Å². The fourth-order valence-corrected chi connectivity index (χ4v) is 3.03. The van der Waals surface area contributed by atoms with E-state index in [1.807, 2.05) is 6.92 Å². The van der Waals surface area contributed by atoms with Crippen molar-refractivity contribution in [3.8, 4) is 0 Å². The first kappa shape index (κ1) is 15.6. The summed E-state index contributed by atoms with van der Waals surface area (Å²) < 4.78 is 31.4. The van der Waals surface area contributed by atoms with E-state index in [0.717, 1.165) is 0 Å². The summed E-state index contributed by atoms with van der Waals surface area (Å²) in [5.41, 5.74) is 0.417. The van der Waals surface area contributed by atoms with Gasteiger partial charge in [-0.25, -0.2) is 8.42 Å². The molecule has 0 spiro atoms. The molecule has 0 bridgehead atoms. The lowest BCUT2D eigenvalue weighted by Crippen LogP contribution is -2.45. The topological polar surface area (TPSA) is 101 Å². The number of aromatic amines is 1. The Bertz CT molecular complexity index is 538. The van der Waals surface area contributed by atoms with Gasteiger partial charge in [-0.15, -0.1) is 0 Å². The van der Waals surface area contributed by atoms with Gasteiger partial charge in [0.15, 0.2) is 0 Å². The normalized spacial score (nSPS) is 14.9. The van der Waals surface area contributed by atoms with Gasteiger partial charge in [0.05, 0.1) is 19.0 Å². The first-order valence-corrected chi connectivity index (χ1v) is 7.42. The van der Waals surface area contributed by atoms with Gasteiger partial charge in [0.1, 0.15) is 10.9 Å². The van der Waals surface area contributed by atoms with E-state index in [1.54, 1.807) is 13.8 Å². The maximum absolute atomic E-state index is 12.2. The maximum Gasteiger partial charge on any atom is 0.324 e. The predicted molar refractivity (Wildman–Crippen MR) is 68.9 cm³/mol. The van der Waals surface area contributed by atoms with Crippen LogP contribution in [0.2, 0.25) is 0 Å². The number of methoxy groups -OCH3 is 1. The lowest BCUT2D eigenvalue weighted by atomic mass is 10.0. The molecule has 1 rings (SSSR count). The highest BCUT2D eigenvalue weighted by atomic mass is 32.2. The Morgan fingerprint density at radius 3 is 2.63 bits per heavy atom. The highest BCUT2D eigenvalue weighted by Crippen LogP contribution is 2.16. The summed E-state index contributed by atoms with van der Waals surface area (Å²) in [6.07, 6.45) is 1.86. The third-order valence-electron chi connectivity index (χ3n) is 3.02. The van der Waals surface area contributed by atoms with E-state index in [1.165, 1.54) is 13.3 Å². The zero-order chi connectivity index (χ0) is 14.6. The van der Waals surface area contributed by atoms with Crippen LogP contribution < -0.4 is 4.72 Å². The number of carbonyl (C=O) groups is 1. The summed E-state index contributed by atoms with van der Waals surface area (Å²) in [6, 6.07) is -0.908. The van der Waals surface area contributed by atoms with E-state index in [0.29, 0.717) is 12.1 Å². The van der Waals surface area contributed by atoms with Crippen LogP contribution in [0.3, 0.4) is 0 Å². The number of hydrogen-bond acceptors (Lipinski definition) is 5. The molecule has 1 aromatic rings. The number of nitrogens with one attached hydrogen (secondary N) is 2. The Morgan fingerprint density at radius 2 is 2.21 bits per heavy atom. The van der Waals surface area contributed by atoms with Crippen molar-refractivity contribution in [2.75, 3.05) is 7.11 Å². The summed E-state index contributed by atoms with van der Waals surface area (Å²) in [7, 11) is -2.57. The van der Waals surface area contributed by atoms with E-state index >= 15 is 0 Å². The molecule has 1 heterocycles. The van der Waals surface area contributed by atoms with Crippen molar-refractivity contribution in [2.24, 2.45) is 5.92 Å². The Kier molecular flexibility index (Phi) is 5.07. The second-order valence-corrected chi connectivity index (χ2v) is 6.05.